The number of aliphatic hydroxyl groups excluding tert-OH is 1. The highest BCUT2D eigenvalue weighted by atomic mass is 32.2. The molecule has 0 aromatic carbocycles. The van der Waals surface area contributed by atoms with E-state index in [-0.39, 0.29) is 11.5 Å². The van der Waals surface area contributed by atoms with E-state index in [4.69, 9.17) is 14.5 Å². The lowest BCUT2D eigenvalue weighted by atomic mass is 9.75. The fraction of sp³-hybridized carbons (Fsp3) is 1.00. The van der Waals surface area contributed by atoms with E-state index < -0.39 is 6.29 Å². The van der Waals surface area contributed by atoms with E-state index in [1.54, 1.807) is 11.8 Å². The summed E-state index contributed by atoms with van der Waals surface area (Å²) in [5.41, 5.74) is -0.103. The lowest BCUT2D eigenvalue weighted by molar-refractivity contribution is -0.348. The van der Waals surface area contributed by atoms with Crippen LogP contribution in [-0.2, 0) is 14.5 Å². The van der Waals surface area contributed by atoms with Crippen LogP contribution in [0.5, 0.6) is 0 Å². The van der Waals surface area contributed by atoms with Gasteiger partial charge >= 0.3 is 0 Å². The summed E-state index contributed by atoms with van der Waals surface area (Å²) in [4.78, 5) is 11.0. The van der Waals surface area contributed by atoms with Crippen molar-refractivity contribution in [1.29, 1.82) is 0 Å². The predicted octanol–water partition coefficient (Wildman–Crippen LogP) is 2.80. The smallest absolute Gasteiger partial charge is 0.165 e. The zero-order chi connectivity index (χ0) is 13.8. The van der Waals surface area contributed by atoms with Crippen LogP contribution in [0.4, 0.5) is 0 Å². The summed E-state index contributed by atoms with van der Waals surface area (Å²) in [6.45, 7) is 7.17. The number of ether oxygens (including phenoxy) is 1. The second-order valence-corrected chi connectivity index (χ2v) is 7.29. The molecule has 112 valence electrons. The Morgan fingerprint density at radius 3 is 2.79 bits per heavy atom. The molecule has 2 fully saturated rings. The van der Waals surface area contributed by atoms with Crippen molar-refractivity contribution in [3.8, 4) is 0 Å². The molecule has 1 heterocycles. The van der Waals surface area contributed by atoms with Crippen molar-refractivity contribution in [2.24, 2.45) is 17.8 Å². The molecule has 0 amide bonds. The molecule has 2 unspecified atom stereocenters. The highest BCUT2D eigenvalue weighted by Crippen LogP contribution is 2.35. The van der Waals surface area contributed by atoms with Crippen molar-refractivity contribution in [3.05, 3.63) is 0 Å². The van der Waals surface area contributed by atoms with Gasteiger partial charge < -0.3 is 9.84 Å². The molecule has 2 rings (SSSR count). The maximum Gasteiger partial charge on any atom is 0.165 e. The summed E-state index contributed by atoms with van der Waals surface area (Å²) < 4.78 is 5.26. The van der Waals surface area contributed by atoms with E-state index in [2.05, 4.69) is 20.8 Å². The van der Waals surface area contributed by atoms with Crippen LogP contribution in [-0.4, -0.2) is 35.3 Å². The van der Waals surface area contributed by atoms with Crippen LogP contribution in [0, 0.1) is 17.8 Å². The van der Waals surface area contributed by atoms with E-state index in [1.165, 1.54) is 12.8 Å². The van der Waals surface area contributed by atoms with Gasteiger partial charge in [-0.05, 0) is 30.6 Å². The van der Waals surface area contributed by atoms with Gasteiger partial charge in [0.05, 0.1) is 6.10 Å². The van der Waals surface area contributed by atoms with E-state index in [0.717, 1.165) is 6.42 Å². The Bertz CT molecular complexity index is 274. The molecule has 2 aliphatic rings. The molecule has 0 bridgehead atoms. The Morgan fingerprint density at radius 2 is 2.16 bits per heavy atom. The first-order valence-electron chi connectivity index (χ1n) is 7.29. The van der Waals surface area contributed by atoms with Crippen LogP contribution in [0.3, 0.4) is 0 Å². The minimum absolute atomic E-state index is 0.103. The van der Waals surface area contributed by atoms with Crippen LogP contribution in [0.1, 0.15) is 40.0 Å². The van der Waals surface area contributed by atoms with E-state index in [0.29, 0.717) is 30.1 Å². The molecule has 0 spiro atoms. The molecule has 4 nitrogen and oxygen atoms in total. The van der Waals surface area contributed by atoms with Gasteiger partial charge in [0.15, 0.2) is 6.29 Å². The van der Waals surface area contributed by atoms with Crippen molar-refractivity contribution in [3.63, 3.8) is 0 Å². The van der Waals surface area contributed by atoms with Crippen molar-refractivity contribution >= 4 is 11.8 Å². The lowest BCUT2D eigenvalue weighted by Crippen LogP contribution is -2.35. The standard InChI is InChI=1S/C14H26O4S/c1-9(2)11-5-4-10(3)6-12(11)18-16-7-14-17-13(15)8-19-14/h9-15H,4-8H2,1-3H3/t10-,11+,12?,13-,14?/m1/s1. The molecule has 1 saturated heterocycles. The predicted molar refractivity (Wildman–Crippen MR) is 75.5 cm³/mol. The fourth-order valence-corrected chi connectivity index (χ4v) is 3.75. The van der Waals surface area contributed by atoms with Gasteiger partial charge in [-0.1, -0.05) is 27.2 Å². The Hall–Kier alpha value is 0.190. The Labute approximate surface area is 120 Å². The van der Waals surface area contributed by atoms with Crippen molar-refractivity contribution in [2.75, 3.05) is 12.4 Å². The number of rotatable bonds is 5. The van der Waals surface area contributed by atoms with Crippen molar-refractivity contribution in [1.82, 2.24) is 0 Å². The summed E-state index contributed by atoms with van der Waals surface area (Å²) in [5, 5.41) is 9.26. The highest BCUT2D eigenvalue weighted by molar-refractivity contribution is 8.00. The van der Waals surface area contributed by atoms with Crippen molar-refractivity contribution < 1.29 is 19.6 Å². The van der Waals surface area contributed by atoms with Gasteiger partial charge in [0, 0.05) is 5.75 Å². The minimum atomic E-state index is -0.656. The van der Waals surface area contributed by atoms with Gasteiger partial charge in [-0.25, -0.2) is 9.78 Å². The van der Waals surface area contributed by atoms with E-state index >= 15 is 0 Å². The minimum Gasteiger partial charge on any atom is -0.367 e. The molecular weight excluding hydrogens is 264 g/mol. The topological polar surface area (TPSA) is 47.9 Å². The summed E-state index contributed by atoms with van der Waals surface area (Å²) in [6, 6.07) is 0. The molecule has 1 aliphatic carbocycles. The number of hydrogen-bond acceptors (Lipinski definition) is 5. The second kappa shape index (κ2) is 7.27. The van der Waals surface area contributed by atoms with Crippen LogP contribution < -0.4 is 0 Å². The molecule has 19 heavy (non-hydrogen) atoms. The Kier molecular flexibility index (Phi) is 5.96. The first-order chi connectivity index (χ1) is 9.06. The van der Waals surface area contributed by atoms with Gasteiger partial charge in [0.1, 0.15) is 12.0 Å². The number of thioether (sulfide) groups is 1. The number of hydrogen-bond donors (Lipinski definition) is 1. The third-order valence-corrected chi connectivity index (χ3v) is 5.19. The summed E-state index contributed by atoms with van der Waals surface area (Å²) in [6.07, 6.45) is 3.12. The van der Waals surface area contributed by atoms with Gasteiger partial charge in [-0.2, -0.15) is 0 Å². The highest BCUT2D eigenvalue weighted by Gasteiger charge is 2.33. The summed E-state index contributed by atoms with van der Waals surface area (Å²) in [5.74, 6) is 2.53. The van der Waals surface area contributed by atoms with Crippen LogP contribution >= 0.6 is 11.8 Å². The second-order valence-electron chi connectivity index (χ2n) is 6.10. The number of aliphatic hydroxyl groups is 1. The molecule has 5 heteroatoms. The molecule has 0 aromatic rings. The first kappa shape index (κ1) is 15.6. The van der Waals surface area contributed by atoms with Gasteiger partial charge in [0.2, 0.25) is 0 Å². The maximum absolute atomic E-state index is 9.26. The fourth-order valence-electron chi connectivity index (χ4n) is 2.94. The Morgan fingerprint density at radius 1 is 1.37 bits per heavy atom. The van der Waals surface area contributed by atoms with Crippen LogP contribution in [0.15, 0.2) is 0 Å². The normalized spacial score (nSPS) is 39.9. The van der Waals surface area contributed by atoms with Gasteiger partial charge in [-0.3, -0.25) is 0 Å². The van der Waals surface area contributed by atoms with E-state index in [1.807, 2.05) is 0 Å². The largest absolute Gasteiger partial charge is 0.367 e. The average molecular weight is 290 g/mol. The lowest BCUT2D eigenvalue weighted by Gasteiger charge is -2.36. The third-order valence-electron chi connectivity index (χ3n) is 4.09. The van der Waals surface area contributed by atoms with Crippen LogP contribution in [0.2, 0.25) is 0 Å². The average Bonchev–Trinajstić information content (AvgIpc) is 2.75. The molecule has 5 atom stereocenters. The molecule has 1 saturated carbocycles. The monoisotopic (exact) mass is 290 g/mol. The maximum atomic E-state index is 9.26. The summed E-state index contributed by atoms with van der Waals surface area (Å²) >= 11 is 1.57. The molecular formula is C14H26O4S. The SMILES string of the molecule is CC(C)[C@@H]1CC[C@@H](C)CC1OOCC1O[C@@H](O)CS1. The zero-order valence-corrected chi connectivity index (χ0v) is 12.9. The first-order valence-corrected chi connectivity index (χ1v) is 8.34. The zero-order valence-electron chi connectivity index (χ0n) is 12.1. The van der Waals surface area contributed by atoms with E-state index in [9.17, 15) is 5.11 Å². The van der Waals surface area contributed by atoms with Crippen molar-refractivity contribution in [2.45, 2.75) is 57.9 Å². The van der Waals surface area contributed by atoms with Gasteiger partial charge in [0.25, 0.3) is 0 Å². The quantitative estimate of drug-likeness (QED) is 0.623. The third kappa shape index (κ3) is 4.60. The van der Waals surface area contributed by atoms with Gasteiger partial charge in [-0.15, -0.1) is 11.8 Å². The molecule has 1 N–H and O–H groups in total. The van der Waals surface area contributed by atoms with Crippen LogP contribution in [0.25, 0.3) is 0 Å². The molecule has 1 aliphatic heterocycles. The Balaban J connectivity index is 1.73. The summed E-state index contributed by atoms with van der Waals surface area (Å²) in [7, 11) is 0. The molecule has 0 aromatic heterocycles. The molecule has 0 radical (unpaired) electrons.